The van der Waals surface area contributed by atoms with E-state index in [1.807, 2.05) is 0 Å². The fraction of sp³-hybridized carbons (Fsp3) is 0. The average Bonchev–Trinajstić information content (AvgIpc) is 2.39. The summed E-state index contributed by atoms with van der Waals surface area (Å²) in [6.07, 6.45) is 0. The van der Waals surface area contributed by atoms with Crippen LogP contribution in [0.5, 0.6) is 0 Å². The third-order valence-corrected chi connectivity index (χ3v) is 3.11. The molecule has 0 saturated carbocycles. The first-order valence-electron chi connectivity index (χ1n) is 5.67. The zero-order valence-corrected chi connectivity index (χ0v) is 10.5. The van der Waals surface area contributed by atoms with Gasteiger partial charge in [0, 0.05) is 5.02 Å². The molecule has 3 rings (SSSR count). The molecule has 0 spiro atoms. The van der Waals surface area contributed by atoms with Crippen LogP contribution in [0.25, 0.3) is 16.6 Å². The van der Waals surface area contributed by atoms with Gasteiger partial charge in [-0.2, -0.15) is 0 Å². The summed E-state index contributed by atoms with van der Waals surface area (Å²) in [6, 6.07) is 13.9. The summed E-state index contributed by atoms with van der Waals surface area (Å²) in [5.41, 5.74) is 0.299. The van der Waals surface area contributed by atoms with Gasteiger partial charge < -0.3 is 0 Å². The fourth-order valence-corrected chi connectivity index (χ4v) is 2.25. The molecule has 0 atom stereocenters. The molecule has 0 aliphatic rings. The van der Waals surface area contributed by atoms with Gasteiger partial charge in [0.05, 0.1) is 16.6 Å². The van der Waals surface area contributed by atoms with Crippen LogP contribution in [0, 0.1) is 0 Å². The predicted octanol–water partition coefficient (Wildman–Crippen LogP) is 2.33. The van der Waals surface area contributed by atoms with Crippen LogP contribution in [0.1, 0.15) is 0 Å². The third-order valence-electron chi connectivity index (χ3n) is 2.88. The number of nitrogens with one attached hydrogen (secondary N) is 1. The molecule has 0 amide bonds. The SMILES string of the molecule is O=c1[nH]c(=O)n(-c2cccc(Cl)c2)c2ccccc12. The molecular weight excluding hydrogens is 264 g/mol. The molecule has 0 fully saturated rings. The first-order valence-corrected chi connectivity index (χ1v) is 6.04. The summed E-state index contributed by atoms with van der Waals surface area (Å²) >= 11 is 5.94. The number of aromatic nitrogens is 2. The second kappa shape index (κ2) is 4.40. The Labute approximate surface area is 112 Å². The van der Waals surface area contributed by atoms with Crippen LogP contribution in [-0.2, 0) is 0 Å². The summed E-state index contributed by atoms with van der Waals surface area (Å²) < 4.78 is 1.43. The summed E-state index contributed by atoms with van der Waals surface area (Å²) in [5, 5.41) is 0.988. The molecule has 1 N–H and O–H groups in total. The Bertz CT molecular complexity index is 880. The van der Waals surface area contributed by atoms with Gasteiger partial charge in [-0.05, 0) is 30.3 Å². The van der Waals surface area contributed by atoms with E-state index in [1.165, 1.54) is 4.57 Å². The van der Waals surface area contributed by atoms with Gasteiger partial charge in [0.2, 0.25) is 0 Å². The van der Waals surface area contributed by atoms with E-state index in [0.717, 1.165) is 0 Å². The third kappa shape index (κ3) is 1.96. The van der Waals surface area contributed by atoms with Crippen molar-refractivity contribution in [2.75, 3.05) is 0 Å². The monoisotopic (exact) mass is 272 g/mol. The fourth-order valence-electron chi connectivity index (χ4n) is 2.06. The van der Waals surface area contributed by atoms with Gasteiger partial charge in [-0.1, -0.05) is 29.8 Å². The summed E-state index contributed by atoms with van der Waals surface area (Å²) in [5.74, 6) is 0. The predicted molar refractivity (Wildman–Crippen MR) is 75.2 cm³/mol. The Morgan fingerprint density at radius 3 is 2.58 bits per heavy atom. The average molecular weight is 273 g/mol. The van der Waals surface area contributed by atoms with E-state index in [9.17, 15) is 9.59 Å². The van der Waals surface area contributed by atoms with Crippen molar-refractivity contribution in [3.63, 3.8) is 0 Å². The Morgan fingerprint density at radius 2 is 1.79 bits per heavy atom. The zero-order chi connectivity index (χ0) is 13.4. The number of hydrogen-bond acceptors (Lipinski definition) is 2. The molecule has 19 heavy (non-hydrogen) atoms. The quantitative estimate of drug-likeness (QED) is 0.739. The van der Waals surface area contributed by atoms with Crippen LogP contribution in [-0.4, -0.2) is 9.55 Å². The Kier molecular flexibility index (Phi) is 2.72. The van der Waals surface area contributed by atoms with Crippen molar-refractivity contribution < 1.29 is 0 Å². The number of hydrogen-bond donors (Lipinski definition) is 1. The minimum absolute atomic E-state index is 0.390. The number of para-hydroxylation sites is 1. The lowest BCUT2D eigenvalue weighted by molar-refractivity contribution is 0.943. The smallest absolute Gasteiger partial charge is 0.273 e. The molecule has 0 bridgehead atoms. The molecule has 0 aliphatic carbocycles. The first-order chi connectivity index (χ1) is 9.16. The number of halogens is 1. The van der Waals surface area contributed by atoms with E-state index in [0.29, 0.717) is 21.6 Å². The van der Waals surface area contributed by atoms with E-state index < -0.39 is 5.69 Å². The molecule has 0 unspecified atom stereocenters. The number of nitrogens with zero attached hydrogens (tertiary/aromatic N) is 1. The molecule has 1 aromatic heterocycles. The van der Waals surface area contributed by atoms with E-state index in [2.05, 4.69) is 4.98 Å². The second-order valence-electron chi connectivity index (χ2n) is 4.09. The van der Waals surface area contributed by atoms with Gasteiger partial charge in [-0.15, -0.1) is 0 Å². The molecule has 0 saturated heterocycles. The minimum Gasteiger partial charge on any atom is -0.273 e. The molecule has 5 heteroatoms. The highest BCUT2D eigenvalue weighted by atomic mass is 35.5. The second-order valence-corrected chi connectivity index (χ2v) is 4.53. The van der Waals surface area contributed by atoms with Gasteiger partial charge in [0.15, 0.2) is 0 Å². The number of fused-ring (bicyclic) bond motifs is 1. The molecule has 1 heterocycles. The molecule has 2 aromatic carbocycles. The van der Waals surface area contributed by atoms with E-state index >= 15 is 0 Å². The van der Waals surface area contributed by atoms with Crippen LogP contribution in [0.4, 0.5) is 0 Å². The van der Waals surface area contributed by atoms with Gasteiger partial charge in [-0.3, -0.25) is 14.3 Å². The van der Waals surface area contributed by atoms with Gasteiger partial charge in [0.25, 0.3) is 5.56 Å². The normalized spacial score (nSPS) is 10.8. The number of H-pyrrole nitrogens is 1. The van der Waals surface area contributed by atoms with Gasteiger partial charge in [0.1, 0.15) is 0 Å². The number of aromatic amines is 1. The van der Waals surface area contributed by atoms with Crippen molar-refractivity contribution in [3.8, 4) is 5.69 Å². The standard InChI is InChI=1S/C14H9ClN2O2/c15-9-4-3-5-10(8-9)17-12-7-2-1-6-11(12)13(18)16-14(17)19/h1-8H,(H,16,18,19). The van der Waals surface area contributed by atoms with Crippen LogP contribution in [0.3, 0.4) is 0 Å². The van der Waals surface area contributed by atoms with Gasteiger partial charge in [-0.25, -0.2) is 4.79 Å². The van der Waals surface area contributed by atoms with Crippen LogP contribution >= 0.6 is 11.6 Å². The van der Waals surface area contributed by atoms with Crippen molar-refractivity contribution >= 4 is 22.5 Å². The maximum atomic E-state index is 12.0. The lowest BCUT2D eigenvalue weighted by Gasteiger charge is -2.09. The Hall–Kier alpha value is -2.33. The summed E-state index contributed by atoms with van der Waals surface area (Å²) in [6.45, 7) is 0. The van der Waals surface area contributed by atoms with E-state index in [1.54, 1.807) is 48.5 Å². The van der Waals surface area contributed by atoms with Crippen molar-refractivity contribution in [2.24, 2.45) is 0 Å². The summed E-state index contributed by atoms with van der Waals surface area (Å²) in [4.78, 5) is 26.1. The van der Waals surface area contributed by atoms with Crippen molar-refractivity contribution in [2.45, 2.75) is 0 Å². The molecule has 3 aromatic rings. The van der Waals surface area contributed by atoms with E-state index in [4.69, 9.17) is 11.6 Å². The van der Waals surface area contributed by atoms with Crippen LogP contribution in [0.2, 0.25) is 5.02 Å². The maximum Gasteiger partial charge on any atom is 0.333 e. The molecule has 4 nitrogen and oxygen atoms in total. The largest absolute Gasteiger partial charge is 0.333 e. The molecule has 0 aliphatic heterocycles. The van der Waals surface area contributed by atoms with E-state index in [-0.39, 0.29) is 5.56 Å². The van der Waals surface area contributed by atoms with Crippen molar-refractivity contribution in [1.82, 2.24) is 9.55 Å². The topological polar surface area (TPSA) is 54.9 Å². The minimum atomic E-state index is -0.481. The maximum absolute atomic E-state index is 12.0. The Morgan fingerprint density at radius 1 is 1.00 bits per heavy atom. The Balaban J connectivity index is 2.48. The summed E-state index contributed by atoms with van der Waals surface area (Å²) in [7, 11) is 0. The van der Waals surface area contributed by atoms with Gasteiger partial charge >= 0.3 is 5.69 Å². The molecule has 94 valence electrons. The number of rotatable bonds is 1. The zero-order valence-electron chi connectivity index (χ0n) is 9.76. The molecule has 0 radical (unpaired) electrons. The lowest BCUT2D eigenvalue weighted by Crippen LogP contribution is -2.29. The van der Waals surface area contributed by atoms with Crippen LogP contribution in [0.15, 0.2) is 58.1 Å². The molecular formula is C14H9ClN2O2. The first kappa shape index (κ1) is 11.7. The highest BCUT2D eigenvalue weighted by Crippen LogP contribution is 2.16. The van der Waals surface area contributed by atoms with Crippen molar-refractivity contribution in [1.29, 1.82) is 0 Å². The number of benzene rings is 2. The lowest BCUT2D eigenvalue weighted by atomic mass is 10.2. The highest BCUT2D eigenvalue weighted by molar-refractivity contribution is 6.30. The van der Waals surface area contributed by atoms with Crippen LogP contribution < -0.4 is 11.2 Å². The highest BCUT2D eigenvalue weighted by Gasteiger charge is 2.08. The van der Waals surface area contributed by atoms with Crippen molar-refractivity contribution in [3.05, 3.63) is 74.4 Å².